The molecular weight excluding hydrogens is 402 g/mol. The van der Waals surface area contributed by atoms with Crippen LogP contribution in [0.2, 0.25) is 0 Å². The molecule has 7 heteroatoms. The lowest BCUT2D eigenvalue weighted by Gasteiger charge is -2.41. The second-order valence-corrected chi connectivity index (χ2v) is 10.4. The number of allylic oxidation sites excluding steroid dienone is 2. The maximum absolute atomic E-state index is 13.3. The minimum Gasteiger partial charge on any atom is -0.294 e. The zero-order valence-corrected chi connectivity index (χ0v) is 18.2. The Morgan fingerprint density at radius 1 is 1.24 bits per heavy atom. The summed E-state index contributed by atoms with van der Waals surface area (Å²) in [4.78, 5) is 28.1. The van der Waals surface area contributed by atoms with Gasteiger partial charge in [0.1, 0.15) is 0 Å². The molecule has 5 nitrogen and oxygen atoms in total. The molecule has 0 saturated heterocycles. The summed E-state index contributed by atoms with van der Waals surface area (Å²) in [6.07, 6.45) is 3.24. The number of anilines is 1. The average Bonchev–Trinajstić information content (AvgIpc) is 3.13. The fourth-order valence-corrected chi connectivity index (χ4v) is 5.73. The molecule has 1 amide bonds. The Hall–Kier alpha value is -2.25. The summed E-state index contributed by atoms with van der Waals surface area (Å²) in [5, 5.41) is 9.04. The van der Waals surface area contributed by atoms with Gasteiger partial charge in [0.15, 0.2) is 10.1 Å². The molecule has 150 valence electrons. The third-order valence-electron chi connectivity index (χ3n) is 5.26. The molecule has 1 aromatic carbocycles. The number of hydrogen-bond acceptors (Lipinski definition) is 6. The number of amides is 1. The van der Waals surface area contributed by atoms with Crippen molar-refractivity contribution in [3.05, 3.63) is 59.8 Å². The summed E-state index contributed by atoms with van der Waals surface area (Å²) in [7, 11) is 0. The molecule has 2 heterocycles. The Bertz CT molecular complexity index is 994. The van der Waals surface area contributed by atoms with Crippen molar-refractivity contribution in [3.63, 3.8) is 0 Å². The molecule has 2 aliphatic rings. The molecule has 1 aliphatic carbocycles. The van der Waals surface area contributed by atoms with Gasteiger partial charge in [0.05, 0.1) is 0 Å². The molecule has 1 aliphatic heterocycles. The van der Waals surface area contributed by atoms with Gasteiger partial charge in [-0.05, 0) is 17.4 Å². The fourth-order valence-electron chi connectivity index (χ4n) is 4.09. The van der Waals surface area contributed by atoms with Gasteiger partial charge >= 0.3 is 0 Å². The van der Waals surface area contributed by atoms with Crippen molar-refractivity contribution in [1.82, 2.24) is 10.2 Å². The Balaban J connectivity index is 1.81. The fraction of sp³-hybridized carbons (Fsp3) is 0.364. The van der Waals surface area contributed by atoms with Crippen LogP contribution in [0.3, 0.4) is 0 Å². The van der Waals surface area contributed by atoms with Gasteiger partial charge in [0, 0.05) is 35.8 Å². The maximum Gasteiger partial charge on any atom is 0.234 e. The number of nitrogens with zero attached hydrogens (tertiary/aromatic N) is 3. The maximum atomic E-state index is 13.3. The molecule has 2 aromatic rings. The Morgan fingerprint density at radius 3 is 2.72 bits per heavy atom. The van der Waals surface area contributed by atoms with E-state index in [0.29, 0.717) is 18.0 Å². The Labute approximate surface area is 178 Å². The first-order valence-electron chi connectivity index (χ1n) is 9.61. The number of ketones is 1. The molecule has 0 spiro atoms. The smallest absolute Gasteiger partial charge is 0.234 e. The van der Waals surface area contributed by atoms with Crippen molar-refractivity contribution in [2.24, 2.45) is 5.41 Å². The molecule has 1 aromatic heterocycles. The van der Waals surface area contributed by atoms with E-state index in [1.807, 2.05) is 36.4 Å². The zero-order chi connectivity index (χ0) is 20.6. The first-order valence-corrected chi connectivity index (χ1v) is 11.4. The van der Waals surface area contributed by atoms with Crippen LogP contribution in [0.15, 0.2) is 58.6 Å². The van der Waals surface area contributed by atoms with E-state index in [1.165, 1.54) is 23.1 Å². The second-order valence-electron chi connectivity index (χ2n) is 8.15. The molecule has 0 bridgehead atoms. The number of rotatable bonds is 5. The monoisotopic (exact) mass is 425 g/mol. The van der Waals surface area contributed by atoms with E-state index in [1.54, 1.807) is 4.90 Å². The lowest BCUT2D eigenvalue weighted by atomic mass is 9.69. The van der Waals surface area contributed by atoms with Crippen LogP contribution in [0, 0.1) is 5.41 Å². The quantitative estimate of drug-likeness (QED) is 0.384. The van der Waals surface area contributed by atoms with Crippen LogP contribution in [-0.2, 0) is 9.59 Å². The summed E-state index contributed by atoms with van der Waals surface area (Å²) in [5.41, 5.74) is 2.39. The van der Waals surface area contributed by atoms with Gasteiger partial charge in [0.25, 0.3) is 0 Å². The second kappa shape index (κ2) is 7.88. The van der Waals surface area contributed by atoms with Gasteiger partial charge in [-0.25, -0.2) is 0 Å². The predicted molar refractivity (Wildman–Crippen MR) is 117 cm³/mol. The number of Topliss-reactive ketones (excluding diaryl/α,β-unsaturated/α-hetero) is 1. The van der Waals surface area contributed by atoms with E-state index in [2.05, 4.69) is 30.6 Å². The van der Waals surface area contributed by atoms with Crippen molar-refractivity contribution in [1.29, 1.82) is 0 Å². The molecule has 0 saturated carbocycles. The number of hydrogen-bond donors (Lipinski definition) is 0. The highest BCUT2D eigenvalue weighted by Gasteiger charge is 2.45. The highest BCUT2D eigenvalue weighted by molar-refractivity contribution is 8.01. The van der Waals surface area contributed by atoms with Crippen molar-refractivity contribution in [2.75, 3.05) is 10.7 Å². The van der Waals surface area contributed by atoms with Gasteiger partial charge in [-0.2, -0.15) is 0 Å². The number of carbonyl (C=O) groups is 2. The SMILES string of the molecule is C=CCSc1nnc(N2C(=O)C[C@H](c3ccccc3)C3=C2CC(C)(C)CC3=O)s1. The molecule has 29 heavy (non-hydrogen) atoms. The number of thioether (sulfide) groups is 1. The van der Waals surface area contributed by atoms with E-state index < -0.39 is 0 Å². The Morgan fingerprint density at radius 2 is 2.00 bits per heavy atom. The highest BCUT2D eigenvalue weighted by atomic mass is 32.2. The average molecular weight is 426 g/mol. The number of carbonyl (C=O) groups excluding carboxylic acids is 2. The van der Waals surface area contributed by atoms with Crippen LogP contribution < -0.4 is 4.90 Å². The van der Waals surface area contributed by atoms with Crippen LogP contribution in [-0.4, -0.2) is 27.6 Å². The lowest BCUT2D eigenvalue weighted by Crippen LogP contribution is -2.43. The van der Waals surface area contributed by atoms with Gasteiger partial charge in [-0.1, -0.05) is 73.4 Å². The molecule has 0 radical (unpaired) electrons. The van der Waals surface area contributed by atoms with Crippen LogP contribution in [0.4, 0.5) is 5.13 Å². The van der Waals surface area contributed by atoms with E-state index in [-0.39, 0.29) is 29.4 Å². The number of benzene rings is 1. The third kappa shape index (κ3) is 3.94. The van der Waals surface area contributed by atoms with Gasteiger partial charge in [-0.15, -0.1) is 16.8 Å². The summed E-state index contributed by atoms with van der Waals surface area (Å²) >= 11 is 2.93. The predicted octanol–water partition coefficient (Wildman–Crippen LogP) is 4.98. The van der Waals surface area contributed by atoms with Crippen LogP contribution >= 0.6 is 23.1 Å². The summed E-state index contributed by atoms with van der Waals surface area (Å²) in [6, 6.07) is 9.86. The van der Waals surface area contributed by atoms with Gasteiger partial charge < -0.3 is 0 Å². The highest BCUT2D eigenvalue weighted by Crippen LogP contribution is 2.48. The van der Waals surface area contributed by atoms with E-state index in [0.717, 1.165) is 26.9 Å². The first kappa shape index (κ1) is 20.0. The molecule has 4 rings (SSSR count). The minimum absolute atomic E-state index is 0.0282. The van der Waals surface area contributed by atoms with E-state index in [9.17, 15) is 9.59 Å². The van der Waals surface area contributed by atoms with Crippen molar-refractivity contribution in [3.8, 4) is 0 Å². The van der Waals surface area contributed by atoms with E-state index >= 15 is 0 Å². The van der Waals surface area contributed by atoms with Gasteiger partial charge in [-0.3, -0.25) is 14.5 Å². The summed E-state index contributed by atoms with van der Waals surface area (Å²) in [5.74, 6) is 0.645. The zero-order valence-electron chi connectivity index (χ0n) is 16.6. The van der Waals surface area contributed by atoms with Crippen molar-refractivity contribution >= 4 is 39.9 Å². The van der Waals surface area contributed by atoms with Crippen LogP contribution in [0.1, 0.15) is 44.6 Å². The largest absolute Gasteiger partial charge is 0.294 e. The van der Waals surface area contributed by atoms with Crippen molar-refractivity contribution < 1.29 is 9.59 Å². The summed E-state index contributed by atoms with van der Waals surface area (Å²) in [6.45, 7) is 7.88. The molecule has 0 unspecified atom stereocenters. The first-order chi connectivity index (χ1) is 13.9. The topological polar surface area (TPSA) is 63.2 Å². The number of aromatic nitrogens is 2. The van der Waals surface area contributed by atoms with Gasteiger partial charge in [0.2, 0.25) is 11.0 Å². The molecule has 0 fully saturated rings. The standard InChI is InChI=1S/C22H23N3O2S2/c1-4-10-28-21-24-23-20(29-21)25-16-12-22(2,3)13-17(26)19(16)15(11-18(25)27)14-8-6-5-7-9-14/h4-9,15H,1,10-13H2,2-3H3/t15-/m1/s1. The Kier molecular flexibility index (Phi) is 5.44. The summed E-state index contributed by atoms with van der Waals surface area (Å²) < 4.78 is 0.793. The van der Waals surface area contributed by atoms with Crippen molar-refractivity contribution in [2.45, 2.75) is 43.4 Å². The molecular formula is C22H23N3O2S2. The third-order valence-corrected chi connectivity index (χ3v) is 7.29. The van der Waals surface area contributed by atoms with Crippen LogP contribution in [0.5, 0.6) is 0 Å². The van der Waals surface area contributed by atoms with Crippen LogP contribution in [0.25, 0.3) is 0 Å². The minimum atomic E-state index is -0.196. The van der Waals surface area contributed by atoms with E-state index in [4.69, 9.17) is 0 Å². The molecule has 1 atom stereocenters. The normalized spacial score (nSPS) is 21.3. The lowest BCUT2D eigenvalue weighted by molar-refractivity contribution is -0.121. The molecule has 0 N–H and O–H groups in total.